The lowest BCUT2D eigenvalue weighted by molar-refractivity contribution is 0.0697. The number of nitrogens with zero attached hydrogens (tertiary/aromatic N) is 2. The minimum absolute atomic E-state index is 0.219. The molecule has 0 spiro atoms. The van der Waals surface area contributed by atoms with Crippen LogP contribution in [0.4, 0.5) is 16.5 Å². The fraction of sp³-hybridized carbons (Fsp3) is 0. The molecule has 0 atom stereocenters. The van der Waals surface area contributed by atoms with Crippen LogP contribution in [0.1, 0.15) is 15.2 Å². The van der Waals surface area contributed by atoms with E-state index in [1.807, 2.05) is 30.3 Å². The van der Waals surface area contributed by atoms with Crippen LogP contribution in [-0.2, 0) is 0 Å². The largest absolute Gasteiger partial charge is 0.478 e. The number of nitrogens with one attached hydrogen (secondary N) is 2. The molecule has 0 fully saturated rings. The number of rotatable bonds is 6. The Morgan fingerprint density at radius 2 is 1.84 bits per heavy atom. The quantitative estimate of drug-likeness (QED) is 0.432. The SMILES string of the molecule is O=C(O)c1ccc(NN=Cc2sc(Nc3ccccc3)nc2Cl)cc1. The van der Waals surface area contributed by atoms with E-state index in [4.69, 9.17) is 16.7 Å². The third-order valence-electron chi connectivity index (χ3n) is 3.14. The predicted octanol–water partition coefficient (Wildman–Crippen LogP) is 4.68. The van der Waals surface area contributed by atoms with Crippen molar-refractivity contribution >= 4 is 51.6 Å². The zero-order chi connectivity index (χ0) is 17.6. The molecule has 3 aromatic rings. The molecular formula is C17H13ClN4O2S. The summed E-state index contributed by atoms with van der Waals surface area (Å²) in [6.07, 6.45) is 1.57. The number of hydrogen-bond acceptors (Lipinski definition) is 6. The summed E-state index contributed by atoms with van der Waals surface area (Å²) in [7, 11) is 0. The summed E-state index contributed by atoms with van der Waals surface area (Å²) < 4.78 is 0. The standard InChI is InChI=1S/C17H13ClN4O2S/c18-15-14(25-17(21-15)20-12-4-2-1-3-5-12)10-19-22-13-8-6-11(7-9-13)16(23)24/h1-10,22H,(H,20,21)(H,23,24). The number of aromatic carboxylic acids is 1. The number of anilines is 3. The molecule has 0 bridgehead atoms. The number of carboxylic acid groups (broad SMARTS) is 1. The Hall–Kier alpha value is -2.90. The highest BCUT2D eigenvalue weighted by molar-refractivity contribution is 7.17. The Labute approximate surface area is 152 Å². The third-order valence-corrected chi connectivity index (χ3v) is 4.45. The van der Waals surface area contributed by atoms with Crippen LogP contribution in [-0.4, -0.2) is 22.3 Å². The van der Waals surface area contributed by atoms with E-state index >= 15 is 0 Å². The normalized spacial score (nSPS) is 10.8. The van der Waals surface area contributed by atoms with Crippen molar-refractivity contribution in [3.8, 4) is 0 Å². The molecule has 0 aliphatic carbocycles. The van der Waals surface area contributed by atoms with Crippen LogP contribution in [0.25, 0.3) is 0 Å². The second-order valence-corrected chi connectivity index (χ2v) is 6.31. The number of para-hydroxylation sites is 1. The second kappa shape index (κ2) is 7.78. The van der Waals surface area contributed by atoms with Crippen molar-refractivity contribution in [1.29, 1.82) is 0 Å². The molecule has 3 rings (SSSR count). The minimum Gasteiger partial charge on any atom is -0.478 e. The number of aromatic nitrogens is 1. The zero-order valence-electron chi connectivity index (χ0n) is 12.8. The molecule has 25 heavy (non-hydrogen) atoms. The summed E-state index contributed by atoms with van der Waals surface area (Å²) in [5, 5.41) is 17.2. The molecule has 0 amide bonds. The Balaban J connectivity index is 1.64. The number of hydrogen-bond donors (Lipinski definition) is 3. The van der Waals surface area contributed by atoms with E-state index in [-0.39, 0.29) is 5.56 Å². The second-order valence-electron chi connectivity index (χ2n) is 4.92. The highest BCUT2D eigenvalue weighted by Gasteiger charge is 2.07. The first kappa shape index (κ1) is 16.9. The molecular weight excluding hydrogens is 360 g/mol. The van der Waals surface area contributed by atoms with Gasteiger partial charge in [-0.3, -0.25) is 5.43 Å². The Kier molecular flexibility index (Phi) is 5.27. The molecule has 8 heteroatoms. The van der Waals surface area contributed by atoms with Crippen molar-refractivity contribution in [2.45, 2.75) is 0 Å². The van der Waals surface area contributed by atoms with Crippen molar-refractivity contribution in [1.82, 2.24) is 4.98 Å². The fourth-order valence-electron chi connectivity index (χ4n) is 1.94. The van der Waals surface area contributed by atoms with Crippen LogP contribution in [0.5, 0.6) is 0 Å². The van der Waals surface area contributed by atoms with Gasteiger partial charge in [-0.2, -0.15) is 5.10 Å². The summed E-state index contributed by atoms with van der Waals surface area (Å²) in [4.78, 5) is 15.8. The van der Waals surface area contributed by atoms with Gasteiger partial charge in [-0.05, 0) is 36.4 Å². The first-order chi connectivity index (χ1) is 12.1. The van der Waals surface area contributed by atoms with Gasteiger partial charge in [0, 0.05) is 5.69 Å². The van der Waals surface area contributed by atoms with E-state index in [1.165, 1.54) is 23.5 Å². The first-order valence-electron chi connectivity index (χ1n) is 7.22. The Morgan fingerprint density at radius 3 is 2.52 bits per heavy atom. The lowest BCUT2D eigenvalue weighted by Gasteiger charge is -2.00. The topological polar surface area (TPSA) is 86.6 Å². The third kappa shape index (κ3) is 4.56. The Bertz CT molecular complexity index is 895. The van der Waals surface area contributed by atoms with Crippen LogP contribution in [0.15, 0.2) is 59.7 Å². The van der Waals surface area contributed by atoms with E-state index < -0.39 is 5.97 Å². The Morgan fingerprint density at radius 1 is 1.12 bits per heavy atom. The smallest absolute Gasteiger partial charge is 0.335 e. The van der Waals surface area contributed by atoms with Crippen LogP contribution < -0.4 is 10.7 Å². The molecule has 6 nitrogen and oxygen atoms in total. The van der Waals surface area contributed by atoms with Crippen LogP contribution in [0, 0.1) is 0 Å². The number of thiazole rings is 1. The zero-order valence-corrected chi connectivity index (χ0v) is 14.4. The van der Waals surface area contributed by atoms with Gasteiger partial charge in [0.25, 0.3) is 0 Å². The maximum absolute atomic E-state index is 10.8. The summed E-state index contributed by atoms with van der Waals surface area (Å²) in [6.45, 7) is 0. The molecule has 0 radical (unpaired) electrons. The molecule has 126 valence electrons. The molecule has 0 unspecified atom stereocenters. The highest BCUT2D eigenvalue weighted by atomic mass is 35.5. The molecule has 0 aliphatic heterocycles. The molecule has 1 aromatic heterocycles. The maximum atomic E-state index is 10.8. The summed E-state index contributed by atoms with van der Waals surface area (Å²) >= 11 is 7.50. The van der Waals surface area contributed by atoms with Gasteiger partial charge in [-0.1, -0.05) is 41.1 Å². The van der Waals surface area contributed by atoms with E-state index in [9.17, 15) is 4.79 Å². The van der Waals surface area contributed by atoms with Crippen molar-refractivity contribution in [2.75, 3.05) is 10.7 Å². The molecule has 0 saturated heterocycles. The lowest BCUT2D eigenvalue weighted by atomic mass is 10.2. The van der Waals surface area contributed by atoms with E-state index in [1.54, 1.807) is 18.3 Å². The molecule has 1 heterocycles. The van der Waals surface area contributed by atoms with Gasteiger partial charge < -0.3 is 10.4 Å². The van der Waals surface area contributed by atoms with E-state index in [2.05, 4.69) is 20.8 Å². The predicted molar refractivity (Wildman–Crippen MR) is 101 cm³/mol. The van der Waals surface area contributed by atoms with Crippen molar-refractivity contribution in [2.24, 2.45) is 5.10 Å². The van der Waals surface area contributed by atoms with Crippen molar-refractivity contribution in [3.63, 3.8) is 0 Å². The van der Waals surface area contributed by atoms with Crippen LogP contribution >= 0.6 is 22.9 Å². The van der Waals surface area contributed by atoms with Gasteiger partial charge in [-0.25, -0.2) is 9.78 Å². The number of carboxylic acids is 1. The number of benzene rings is 2. The lowest BCUT2D eigenvalue weighted by Crippen LogP contribution is -1.96. The monoisotopic (exact) mass is 372 g/mol. The van der Waals surface area contributed by atoms with Crippen molar-refractivity contribution < 1.29 is 9.90 Å². The average Bonchev–Trinajstić information content (AvgIpc) is 2.95. The minimum atomic E-state index is -0.968. The summed E-state index contributed by atoms with van der Waals surface area (Å²) in [6, 6.07) is 15.9. The first-order valence-corrected chi connectivity index (χ1v) is 8.42. The molecule has 3 N–H and O–H groups in total. The highest BCUT2D eigenvalue weighted by Crippen LogP contribution is 2.27. The summed E-state index contributed by atoms with van der Waals surface area (Å²) in [5.74, 6) is -0.968. The van der Waals surface area contributed by atoms with Gasteiger partial charge in [0.15, 0.2) is 10.3 Å². The number of halogens is 1. The number of hydrazone groups is 1. The molecule has 0 saturated carbocycles. The number of carbonyl (C=O) groups is 1. The van der Waals surface area contributed by atoms with Crippen molar-refractivity contribution in [3.05, 3.63) is 70.2 Å². The van der Waals surface area contributed by atoms with Gasteiger partial charge in [0.1, 0.15) is 0 Å². The average molecular weight is 373 g/mol. The van der Waals surface area contributed by atoms with Gasteiger partial charge in [0.2, 0.25) is 0 Å². The molecule has 2 aromatic carbocycles. The molecule has 0 aliphatic rings. The van der Waals surface area contributed by atoms with Gasteiger partial charge in [-0.15, -0.1) is 0 Å². The van der Waals surface area contributed by atoms with Gasteiger partial charge >= 0.3 is 5.97 Å². The van der Waals surface area contributed by atoms with E-state index in [0.29, 0.717) is 20.8 Å². The fourth-order valence-corrected chi connectivity index (χ4v) is 2.99. The van der Waals surface area contributed by atoms with E-state index in [0.717, 1.165) is 5.69 Å². The van der Waals surface area contributed by atoms with Crippen LogP contribution in [0.3, 0.4) is 0 Å². The van der Waals surface area contributed by atoms with Gasteiger partial charge in [0.05, 0.1) is 22.3 Å². The maximum Gasteiger partial charge on any atom is 0.335 e. The van der Waals surface area contributed by atoms with Crippen LogP contribution in [0.2, 0.25) is 5.15 Å². The summed E-state index contributed by atoms with van der Waals surface area (Å²) in [5.41, 5.74) is 4.64.